The number of nitrogens with one attached hydrogen (secondary N) is 1. The monoisotopic (exact) mass is 275 g/mol. The zero-order valence-corrected chi connectivity index (χ0v) is 11.2. The molecule has 0 saturated carbocycles. The second kappa shape index (κ2) is 5.16. The van der Waals surface area contributed by atoms with E-state index in [9.17, 15) is 14.0 Å². The van der Waals surface area contributed by atoms with Gasteiger partial charge in [0.25, 0.3) is 0 Å². The van der Waals surface area contributed by atoms with Crippen molar-refractivity contribution in [1.29, 1.82) is 0 Å². The maximum Gasteiger partial charge on any atom is 0.336 e. The van der Waals surface area contributed by atoms with E-state index in [1.807, 2.05) is 19.1 Å². The number of nitrogens with zero attached hydrogens (tertiary/aromatic N) is 2. The van der Waals surface area contributed by atoms with Crippen molar-refractivity contribution in [1.82, 2.24) is 9.80 Å². The fraction of sp³-hybridized carbons (Fsp3) is 0.143. The fourth-order valence-corrected chi connectivity index (χ4v) is 1.65. The van der Waals surface area contributed by atoms with Gasteiger partial charge in [0, 0.05) is 12.7 Å². The van der Waals surface area contributed by atoms with Crippen LogP contribution in [0.1, 0.15) is 5.56 Å². The summed E-state index contributed by atoms with van der Waals surface area (Å²) in [5, 5.41) is 2.52. The largest absolute Gasteiger partial charge is 0.336 e. The van der Waals surface area contributed by atoms with Crippen molar-refractivity contribution in [2.75, 3.05) is 12.4 Å². The number of carbonyl (C=O) groups is 2. The molecule has 0 spiro atoms. The molecule has 104 valence electrons. The Morgan fingerprint density at radius 1 is 1.30 bits per heavy atom. The molecule has 1 aromatic carbocycles. The van der Waals surface area contributed by atoms with Gasteiger partial charge < -0.3 is 5.32 Å². The van der Waals surface area contributed by atoms with E-state index in [1.165, 1.54) is 7.05 Å². The fourth-order valence-electron chi connectivity index (χ4n) is 1.65. The molecular weight excluding hydrogens is 261 g/mol. The summed E-state index contributed by atoms with van der Waals surface area (Å²) < 4.78 is 13.5. The Morgan fingerprint density at radius 3 is 2.50 bits per heavy atom. The molecule has 20 heavy (non-hydrogen) atoms. The van der Waals surface area contributed by atoms with E-state index in [0.29, 0.717) is 10.6 Å². The lowest BCUT2D eigenvalue weighted by atomic mass is 10.2. The molecule has 0 fully saturated rings. The molecule has 1 heterocycles. The molecule has 0 aliphatic carbocycles. The first-order valence-corrected chi connectivity index (χ1v) is 5.91. The molecule has 1 aliphatic heterocycles. The van der Waals surface area contributed by atoms with Crippen LogP contribution in [0.15, 0.2) is 48.6 Å². The van der Waals surface area contributed by atoms with Crippen LogP contribution in [0.5, 0.6) is 0 Å². The van der Waals surface area contributed by atoms with E-state index in [2.05, 4.69) is 11.9 Å². The van der Waals surface area contributed by atoms with Crippen LogP contribution in [0.4, 0.5) is 19.7 Å². The molecule has 5 nitrogen and oxygen atoms in total. The van der Waals surface area contributed by atoms with Gasteiger partial charge in [-0.2, -0.15) is 0 Å². The molecular formula is C14H14FN3O2. The number of hydrogen-bond acceptors (Lipinski definition) is 2. The molecule has 0 atom stereocenters. The van der Waals surface area contributed by atoms with Gasteiger partial charge in [0.1, 0.15) is 0 Å². The third-order valence-electron chi connectivity index (χ3n) is 2.94. The predicted octanol–water partition coefficient (Wildman–Crippen LogP) is 3.22. The summed E-state index contributed by atoms with van der Waals surface area (Å²) in [5.74, 6) is -0.730. The van der Waals surface area contributed by atoms with Crippen molar-refractivity contribution >= 4 is 17.7 Å². The number of aryl methyl sites for hydroxylation is 1. The van der Waals surface area contributed by atoms with Crippen molar-refractivity contribution in [3.05, 3.63) is 54.1 Å². The molecule has 1 aliphatic rings. The Balaban J connectivity index is 2.18. The number of likely N-dealkylation sites (N-methyl/N-ethyl adjacent to an activating group) is 1. The van der Waals surface area contributed by atoms with Gasteiger partial charge in [0.15, 0.2) is 5.83 Å². The average Bonchev–Trinajstić information content (AvgIpc) is 2.43. The molecule has 0 radical (unpaired) electrons. The van der Waals surface area contributed by atoms with Crippen molar-refractivity contribution in [3.8, 4) is 0 Å². The summed E-state index contributed by atoms with van der Waals surface area (Å²) in [7, 11) is 1.35. The Kier molecular flexibility index (Phi) is 3.56. The second-order valence-corrected chi connectivity index (χ2v) is 4.43. The minimum atomic E-state index is -0.730. The lowest BCUT2D eigenvalue weighted by molar-refractivity contribution is 0.183. The lowest BCUT2D eigenvalue weighted by Crippen LogP contribution is -2.46. The molecule has 2 rings (SSSR count). The number of hydrogen-bond donors (Lipinski definition) is 1. The highest BCUT2D eigenvalue weighted by Crippen LogP contribution is 2.22. The van der Waals surface area contributed by atoms with Gasteiger partial charge in [-0.15, -0.1) is 0 Å². The van der Waals surface area contributed by atoms with E-state index in [0.717, 1.165) is 16.7 Å². The SMILES string of the molecule is C=C1C(F)=CN(C(=O)Nc2ccc(C)cc2)C(=O)N1C. The number of imide groups is 1. The van der Waals surface area contributed by atoms with Gasteiger partial charge in [-0.3, -0.25) is 4.90 Å². The molecule has 0 bridgehead atoms. The van der Waals surface area contributed by atoms with Crippen LogP contribution in [-0.2, 0) is 0 Å². The van der Waals surface area contributed by atoms with Crippen LogP contribution in [-0.4, -0.2) is 28.9 Å². The normalized spacial score (nSPS) is 15.2. The van der Waals surface area contributed by atoms with Crippen LogP contribution in [0, 0.1) is 6.92 Å². The summed E-state index contributed by atoms with van der Waals surface area (Å²) in [6, 6.07) is 5.64. The standard InChI is InChI=1S/C14H14FN3O2/c1-9-4-6-11(7-5-9)16-13(19)18-8-12(15)10(2)17(3)14(18)20/h4-8H,2H2,1,3H3,(H,16,19). The number of carbonyl (C=O) groups excluding carboxylic acids is 2. The Bertz CT molecular complexity index is 607. The van der Waals surface area contributed by atoms with E-state index in [1.54, 1.807) is 12.1 Å². The number of benzene rings is 1. The first kappa shape index (κ1) is 13.8. The highest BCUT2D eigenvalue weighted by molar-refractivity contribution is 6.02. The topological polar surface area (TPSA) is 52.7 Å². The quantitative estimate of drug-likeness (QED) is 0.855. The number of amides is 4. The average molecular weight is 275 g/mol. The van der Waals surface area contributed by atoms with E-state index in [-0.39, 0.29) is 5.70 Å². The smallest absolute Gasteiger partial charge is 0.307 e. The van der Waals surface area contributed by atoms with Crippen LogP contribution in [0.25, 0.3) is 0 Å². The molecule has 1 N–H and O–H groups in total. The highest BCUT2D eigenvalue weighted by atomic mass is 19.1. The van der Waals surface area contributed by atoms with Gasteiger partial charge >= 0.3 is 12.1 Å². The van der Waals surface area contributed by atoms with E-state index in [4.69, 9.17) is 0 Å². The zero-order chi connectivity index (χ0) is 14.9. The Morgan fingerprint density at radius 2 is 1.90 bits per heavy atom. The predicted molar refractivity (Wildman–Crippen MR) is 73.5 cm³/mol. The molecule has 0 unspecified atom stereocenters. The van der Waals surface area contributed by atoms with Crippen molar-refractivity contribution in [2.45, 2.75) is 6.92 Å². The van der Waals surface area contributed by atoms with Gasteiger partial charge in [-0.1, -0.05) is 24.3 Å². The van der Waals surface area contributed by atoms with Crippen molar-refractivity contribution in [2.24, 2.45) is 0 Å². The first-order valence-electron chi connectivity index (χ1n) is 5.91. The Hall–Kier alpha value is -2.63. The van der Waals surface area contributed by atoms with E-state index >= 15 is 0 Å². The van der Waals surface area contributed by atoms with Crippen LogP contribution in [0.3, 0.4) is 0 Å². The minimum absolute atomic E-state index is 0.0746. The molecule has 0 aromatic heterocycles. The number of rotatable bonds is 1. The van der Waals surface area contributed by atoms with Crippen LogP contribution in [0.2, 0.25) is 0 Å². The number of urea groups is 2. The Labute approximate surface area is 116 Å². The minimum Gasteiger partial charge on any atom is -0.307 e. The van der Waals surface area contributed by atoms with Gasteiger partial charge in [-0.25, -0.2) is 18.9 Å². The third kappa shape index (κ3) is 2.54. The molecule has 0 saturated heterocycles. The summed E-state index contributed by atoms with van der Waals surface area (Å²) in [6.45, 7) is 5.33. The number of allylic oxidation sites excluding steroid dienone is 1. The van der Waals surface area contributed by atoms with Crippen molar-refractivity contribution in [3.63, 3.8) is 0 Å². The summed E-state index contributed by atoms with van der Waals surface area (Å²) >= 11 is 0. The van der Waals surface area contributed by atoms with Gasteiger partial charge in [0.05, 0.1) is 11.9 Å². The number of anilines is 1. The van der Waals surface area contributed by atoms with E-state index < -0.39 is 17.9 Å². The molecule has 6 heteroatoms. The summed E-state index contributed by atoms with van der Waals surface area (Å²) in [4.78, 5) is 25.5. The third-order valence-corrected chi connectivity index (χ3v) is 2.94. The molecule has 1 aromatic rings. The lowest BCUT2D eigenvalue weighted by Gasteiger charge is -2.29. The van der Waals surface area contributed by atoms with Gasteiger partial charge in [0.2, 0.25) is 0 Å². The van der Waals surface area contributed by atoms with Crippen LogP contribution < -0.4 is 5.32 Å². The second-order valence-electron chi connectivity index (χ2n) is 4.43. The summed E-state index contributed by atoms with van der Waals surface area (Å²) in [6.07, 6.45) is 0.828. The zero-order valence-electron chi connectivity index (χ0n) is 11.2. The maximum atomic E-state index is 13.5. The number of halogens is 1. The molecule has 4 amide bonds. The van der Waals surface area contributed by atoms with Crippen LogP contribution >= 0.6 is 0 Å². The summed E-state index contributed by atoms with van der Waals surface area (Å²) in [5.41, 5.74) is 1.49. The maximum absolute atomic E-state index is 13.5. The van der Waals surface area contributed by atoms with Crippen molar-refractivity contribution < 1.29 is 14.0 Å². The first-order chi connectivity index (χ1) is 9.40. The van der Waals surface area contributed by atoms with Gasteiger partial charge in [-0.05, 0) is 19.1 Å². The highest BCUT2D eigenvalue weighted by Gasteiger charge is 2.31.